The third-order valence-corrected chi connectivity index (χ3v) is 3.02. The average Bonchev–Trinajstić information content (AvgIpc) is 2.28. The zero-order valence-electron chi connectivity index (χ0n) is 11.7. The van der Waals surface area contributed by atoms with Crippen LogP contribution in [0.5, 0.6) is 0 Å². The molecule has 0 aromatic heterocycles. The molecule has 1 rings (SSSR count). The van der Waals surface area contributed by atoms with Gasteiger partial charge in [0.1, 0.15) is 0 Å². The Kier molecular flexibility index (Phi) is 5.27. The SMILES string of the molecule is C=C(C)c1ccc(N(CCC)CCC)c(C)c1. The molecule has 0 radical (unpaired) electrons. The lowest BCUT2D eigenvalue weighted by molar-refractivity contribution is 0.743. The quantitative estimate of drug-likeness (QED) is 0.688. The minimum absolute atomic E-state index is 1.14. The molecule has 0 aliphatic rings. The van der Waals surface area contributed by atoms with Gasteiger partial charge in [0.15, 0.2) is 0 Å². The van der Waals surface area contributed by atoms with Gasteiger partial charge in [-0.1, -0.05) is 32.1 Å². The third-order valence-electron chi connectivity index (χ3n) is 3.02. The second kappa shape index (κ2) is 6.48. The lowest BCUT2D eigenvalue weighted by Crippen LogP contribution is -2.25. The number of allylic oxidation sites excluding steroid dienone is 1. The van der Waals surface area contributed by atoms with E-state index in [1.807, 2.05) is 0 Å². The van der Waals surface area contributed by atoms with Crippen LogP contribution in [0.4, 0.5) is 5.69 Å². The van der Waals surface area contributed by atoms with Crippen LogP contribution in [-0.4, -0.2) is 13.1 Å². The van der Waals surface area contributed by atoms with Crippen molar-refractivity contribution in [1.82, 2.24) is 0 Å². The molecular formula is C16H25N. The van der Waals surface area contributed by atoms with Crippen LogP contribution in [0.2, 0.25) is 0 Å². The summed E-state index contributed by atoms with van der Waals surface area (Å²) in [6.45, 7) is 15.0. The highest BCUT2D eigenvalue weighted by Gasteiger charge is 2.08. The fourth-order valence-electron chi connectivity index (χ4n) is 2.17. The molecule has 17 heavy (non-hydrogen) atoms. The van der Waals surface area contributed by atoms with Crippen molar-refractivity contribution in [2.75, 3.05) is 18.0 Å². The fourth-order valence-corrected chi connectivity index (χ4v) is 2.17. The second-order valence-corrected chi connectivity index (χ2v) is 4.77. The minimum atomic E-state index is 1.14. The Bertz CT molecular complexity index is 373. The summed E-state index contributed by atoms with van der Waals surface area (Å²) < 4.78 is 0. The van der Waals surface area contributed by atoms with Crippen LogP contribution in [-0.2, 0) is 0 Å². The van der Waals surface area contributed by atoms with Crippen molar-refractivity contribution in [3.8, 4) is 0 Å². The smallest absolute Gasteiger partial charge is 0.0396 e. The summed E-state index contributed by atoms with van der Waals surface area (Å²) in [5.74, 6) is 0. The van der Waals surface area contributed by atoms with Crippen LogP contribution in [0.1, 0.15) is 44.7 Å². The van der Waals surface area contributed by atoms with Crippen molar-refractivity contribution in [2.45, 2.75) is 40.5 Å². The first-order chi connectivity index (χ1) is 8.10. The molecule has 0 bridgehead atoms. The van der Waals surface area contributed by atoms with E-state index in [9.17, 15) is 0 Å². The molecule has 0 amide bonds. The maximum Gasteiger partial charge on any atom is 0.0396 e. The number of hydrogen-bond acceptors (Lipinski definition) is 1. The first kappa shape index (κ1) is 13.8. The molecule has 0 heterocycles. The fraction of sp³-hybridized carbons (Fsp3) is 0.500. The van der Waals surface area contributed by atoms with Crippen molar-refractivity contribution < 1.29 is 0 Å². The van der Waals surface area contributed by atoms with Gasteiger partial charge in [0.2, 0.25) is 0 Å². The van der Waals surface area contributed by atoms with Crippen molar-refractivity contribution in [1.29, 1.82) is 0 Å². The van der Waals surface area contributed by atoms with Crippen LogP contribution in [0, 0.1) is 6.92 Å². The van der Waals surface area contributed by atoms with Crippen LogP contribution in [0.25, 0.3) is 5.57 Å². The van der Waals surface area contributed by atoms with E-state index in [0.717, 1.165) is 18.7 Å². The van der Waals surface area contributed by atoms with Crippen LogP contribution in [0.15, 0.2) is 24.8 Å². The highest BCUT2D eigenvalue weighted by Crippen LogP contribution is 2.24. The molecule has 0 atom stereocenters. The zero-order valence-corrected chi connectivity index (χ0v) is 11.7. The van der Waals surface area contributed by atoms with E-state index in [1.165, 1.54) is 29.7 Å². The van der Waals surface area contributed by atoms with E-state index in [2.05, 4.69) is 57.4 Å². The van der Waals surface area contributed by atoms with Crippen molar-refractivity contribution in [3.63, 3.8) is 0 Å². The van der Waals surface area contributed by atoms with Gasteiger partial charge in [0.25, 0.3) is 0 Å². The molecule has 0 fully saturated rings. The number of aryl methyl sites for hydroxylation is 1. The maximum absolute atomic E-state index is 4.00. The molecule has 0 spiro atoms. The van der Waals surface area contributed by atoms with Gasteiger partial charge in [0.05, 0.1) is 0 Å². The van der Waals surface area contributed by atoms with Crippen molar-refractivity contribution in [3.05, 3.63) is 35.9 Å². The summed E-state index contributed by atoms with van der Waals surface area (Å²) in [5, 5.41) is 0. The van der Waals surface area contributed by atoms with Crippen LogP contribution >= 0.6 is 0 Å². The Morgan fingerprint density at radius 3 is 2.18 bits per heavy atom. The Balaban J connectivity index is 2.99. The summed E-state index contributed by atoms with van der Waals surface area (Å²) in [6, 6.07) is 6.67. The van der Waals surface area contributed by atoms with Gasteiger partial charge < -0.3 is 4.90 Å². The van der Waals surface area contributed by atoms with Gasteiger partial charge in [-0.05, 0) is 49.9 Å². The van der Waals surface area contributed by atoms with Crippen LogP contribution < -0.4 is 4.90 Å². The molecule has 0 aliphatic carbocycles. The van der Waals surface area contributed by atoms with E-state index >= 15 is 0 Å². The van der Waals surface area contributed by atoms with E-state index in [4.69, 9.17) is 0 Å². The molecule has 1 aromatic carbocycles. The molecule has 1 heteroatoms. The highest BCUT2D eigenvalue weighted by molar-refractivity contribution is 5.66. The standard InChI is InChI=1S/C16H25N/c1-6-10-17(11-7-2)16-9-8-15(13(3)4)12-14(16)5/h8-9,12H,3,6-7,10-11H2,1-2,4-5H3. The lowest BCUT2D eigenvalue weighted by atomic mass is 10.0. The monoisotopic (exact) mass is 231 g/mol. The minimum Gasteiger partial charge on any atom is -0.371 e. The number of anilines is 1. The van der Waals surface area contributed by atoms with Gasteiger partial charge in [-0.15, -0.1) is 0 Å². The number of nitrogens with zero attached hydrogens (tertiary/aromatic N) is 1. The first-order valence-corrected chi connectivity index (χ1v) is 6.61. The van der Waals surface area contributed by atoms with Gasteiger partial charge >= 0.3 is 0 Å². The maximum atomic E-state index is 4.00. The van der Waals surface area contributed by atoms with E-state index in [1.54, 1.807) is 0 Å². The predicted molar refractivity (Wildman–Crippen MR) is 78.7 cm³/mol. The Morgan fingerprint density at radius 1 is 1.18 bits per heavy atom. The predicted octanol–water partition coefficient (Wildman–Crippen LogP) is 4.65. The molecule has 1 aromatic rings. The van der Waals surface area contributed by atoms with Gasteiger partial charge in [0, 0.05) is 18.8 Å². The molecule has 0 saturated carbocycles. The molecule has 0 unspecified atom stereocenters. The number of rotatable bonds is 6. The largest absolute Gasteiger partial charge is 0.371 e. The molecular weight excluding hydrogens is 206 g/mol. The topological polar surface area (TPSA) is 3.24 Å². The Morgan fingerprint density at radius 2 is 1.76 bits per heavy atom. The Labute approximate surface area is 106 Å². The highest BCUT2D eigenvalue weighted by atomic mass is 15.1. The zero-order chi connectivity index (χ0) is 12.8. The Hall–Kier alpha value is -1.24. The molecule has 0 aliphatic heterocycles. The summed E-state index contributed by atoms with van der Waals surface area (Å²) in [7, 11) is 0. The van der Waals surface area contributed by atoms with Crippen LogP contribution in [0.3, 0.4) is 0 Å². The molecule has 1 nitrogen and oxygen atoms in total. The summed E-state index contributed by atoms with van der Waals surface area (Å²) in [6.07, 6.45) is 2.39. The molecule has 0 N–H and O–H groups in total. The van der Waals surface area contributed by atoms with Gasteiger partial charge in [-0.3, -0.25) is 0 Å². The van der Waals surface area contributed by atoms with Gasteiger partial charge in [-0.2, -0.15) is 0 Å². The number of benzene rings is 1. The second-order valence-electron chi connectivity index (χ2n) is 4.77. The van der Waals surface area contributed by atoms with Gasteiger partial charge in [-0.25, -0.2) is 0 Å². The summed E-state index contributed by atoms with van der Waals surface area (Å²) in [4.78, 5) is 2.48. The summed E-state index contributed by atoms with van der Waals surface area (Å²) in [5.41, 5.74) is 5.11. The first-order valence-electron chi connectivity index (χ1n) is 6.61. The summed E-state index contributed by atoms with van der Waals surface area (Å²) >= 11 is 0. The van der Waals surface area contributed by atoms with E-state index < -0.39 is 0 Å². The number of hydrogen-bond donors (Lipinski definition) is 0. The van der Waals surface area contributed by atoms with E-state index in [-0.39, 0.29) is 0 Å². The normalized spacial score (nSPS) is 10.4. The molecule has 0 saturated heterocycles. The van der Waals surface area contributed by atoms with Crippen molar-refractivity contribution >= 4 is 11.3 Å². The average molecular weight is 231 g/mol. The van der Waals surface area contributed by atoms with Crippen molar-refractivity contribution in [2.24, 2.45) is 0 Å². The third kappa shape index (κ3) is 3.62. The van der Waals surface area contributed by atoms with E-state index in [0.29, 0.717) is 0 Å². The lowest BCUT2D eigenvalue weighted by Gasteiger charge is -2.26. The molecule has 94 valence electrons.